The molecule has 1 heterocycles. The van der Waals surface area contributed by atoms with Crippen LogP contribution >= 0.6 is 0 Å². The highest BCUT2D eigenvalue weighted by Crippen LogP contribution is 2.30. The van der Waals surface area contributed by atoms with Gasteiger partial charge in [0.25, 0.3) is 0 Å². The molecule has 7 heteroatoms. The molecule has 0 unspecified atom stereocenters. The number of benzene rings is 1. The molecule has 0 atom stereocenters. The van der Waals surface area contributed by atoms with Crippen LogP contribution in [0.3, 0.4) is 0 Å². The maximum atomic E-state index is 13.1. The molecular weight excluding hydrogens is 281 g/mol. The summed E-state index contributed by atoms with van der Waals surface area (Å²) in [5.74, 6) is 0.351. The molecule has 0 radical (unpaired) electrons. The molecule has 1 fully saturated rings. The summed E-state index contributed by atoms with van der Waals surface area (Å²) < 4.78 is 38.4. The SMILES string of the molecule is CN(CCc1nc2ccc(F)cc2[nH]1)S(=O)(=O)C1CC1. The van der Waals surface area contributed by atoms with Gasteiger partial charge in [0.05, 0.1) is 16.3 Å². The molecule has 1 aromatic carbocycles. The van der Waals surface area contributed by atoms with E-state index in [2.05, 4.69) is 9.97 Å². The number of fused-ring (bicyclic) bond motifs is 1. The molecule has 0 aliphatic heterocycles. The molecular formula is C13H16FN3O2S. The zero-order chi connectivity index (χ0) is 14.3. The first kappa shape index (κ1) is 13.5. The van der Waals surface area contributed by atoms with E-state index >= 15 is 0 Å². The van der Waals surface area contributed by atoms with Crippen molar-refractivity contribution in [2.45, 2.75) is 24.5 Å². The molecule has 108 valence electrons. The van der Waals surface area contributed by atoms with Gasteiger partial charge in [-0.25, -0.2) is 22.1 Å². The van der Waals surface area contributed by atoms with Crippen LogP contribution in [0.5, 0.6) is 0 Å². The Hall–Kier alpha value is -1.47. The fourth-order valence-electron chi connectivity index (χ4n) is 2.16. The van der Waals surface area contributed by atoms with Crippen molar-refractivity contribution >= 4 is 21.1 Å². The monoisotopic (exact) mass is 297 g/mol. The molecule has 20 heavy (non-hydrogen) atoms. The Balaban J connectivity index is 1.70. The largest absolute Gasteiger partial charge is 0.342 e. The van der Waals surface area contributed by atoms with Crippen LogP contribution in [0.4, 0.5) is 4.39 Å². The van der Waals surface area contributed by atoms with Gasteiger partial charge in [-0.15, -0.1) is 0 Å². The van der Waals surface area contributed by atoms with Crippen molar-refractivity contribution in [2.24, 2.45) is 0 Å². The zero-order valence-electron chi connectivity index (χ0n) is 11.1. The number of halogens is 1. The van der Waals surface area contributed by atoms with E-state index in [1.54, 1.807) is 13.1 Å². The summed E-state index contributed by atoms with van der Waals surface area (Å²) in [7, 11) is -1.55. The number of hydrogen-bond donors (Lipinski definition) is 1. The third kappa shape index (κ3) is 2.55. The molecule has 1 N–H and O–H groups in total. The van der Waals surface area contributed by atoms with Crippen LogP contribution < -0.4 is 0 Å². The highest BCUT2D eigenvalue weighted by molar-refractivity contribution is 7.90. The number of hydrogen-bond acceptors (Lipinski definition) is 3. The number of imidazole rings is 1. The van der Waals surface area contributed by atoms with E-state index in [0.29, 0.717) is 29.8 Å². The molecule has 1 saturated carbocycles. The summed E-state index contributed by atoms with van der Waals surface area (Å²) in [6, 6.07) is 4.35. The Morgan fingerprint density at radius 2 is 2.20 bits per heavy atom. The van der Waals surface area contributed by atoms with Crippen LogP contribution in [0.1, 0.15) is 18.7 Å². The van der Waals surface area contributed by atoms with Gasteiger partial charge in [-0.05, 0) is 31.0 Å². The maximum absolute atomic E-state index is 13.1. The quantitative estimate of drug-likeness (QED) is 0.913. The summed E-state index contributed by atoms with van der Waals surface area (Å²) in [5, 5.41) is -0.197. The van der Waals surface area contributed by atoms with Crippen molar-refractivity contribution in [3.05, 3.63) is 29.8 Å². The third-order valence-corrected chi connectivity index (χ3v) is 5.90. The van der Waals surface area contributed by atoms with E-state index in [0.717, 1.165) is 12.8 Å². The topological polar surface area (TPSA) is 66.1 Å². The number of H-pyrrole nitrogens is 1. The van der Waals surface area contributed by atoms with Gasteiger partial charge >= 0.3 is 0 Å². The number of sulfonamides is 1. The van der Waals surface area contributed by atoms with Crippen LogP contribution in [0, 0.1) is 5.82 Å². The van der Waals surface area contributed by atoms with Gasteiger partial charge < -0.3 is 4.98 Å². The molecule has 1 aliphatic rings. The summed E-state index contributed by atoms with van der Waals surface area (Å²) >= 11 is 0. The van der Waals surface area contributed by atoms with Crippen LogP contribution in [0.2, 0.25) is 0 Å². The fraction of sp³-hybridized carbons (Fsp3) is 0.462. The average molecular weight is 297 g/mol. The molecule has 0 bridgehead atoms. The van der Waals surface area contributed by atoms with Crippen molar-refractivity contribution in [1.29, 1.82) is 0 Å². The lowest BCUT2D eigenvalue weighted by Gasteiger charge is -2.15. The molecule has 3 rings (SSSR count). The highest BCUT2D eigenvalue weighted by Gasteiger charge is 2.38. The van der Waals surface area contributed by atoms with Crippen molar-refractivity contribution in [2.75, 3.05) is 13.6 Å². The van der Waals surface area contributed by atoms with Gasteiger partial charge in [0.2, 0.25) is 10.0 Å². The van der Waals surface area contributed by atoms with E-state index in [1.165, 1.54) is 16.4 Å². The smallest absolute Gasteiger partial charge is 0.216 e. The molecule has 0 amide bonds. The molecule has 0 spiro atoms. The van der Waals surface area contributed by atoms with Crippen LogP contribution in [0.25, 0.3) is 11.0 Å². The van der Waals surface area contributed by atoms with Crippen LogP contribution in [-0.4, -0.2) is 41.5 Å². The normalized spacial score (nSPS) is 16.1. The number of aromatic amines is 1. The third-order valence-electron chi connectivity index (χ3n) is 3.54. The summed E-state index contributed by atoms with van der Waals surface area (Å²) in [6.45, 7) is 0.376. The fourth-order valence-corrected chi connectivity index (χ4v) is 3.75. The Bertz CT molecular complexity index is 737. The van der Waals surface area contributed by atoms with Crippen molar-refractivity contribution in [1.82, 2.24) is 14.3 Å². The van der Waals surface area contributed by atoms with E-state index in [4.69, 9.17) is 0 Å². The maximum Gasteiger partial charge on any atom is 0.216 e. The zero-order valence-corrected chi connectivity index (χ0v) is 12.0. The Morgan fingerprint density at radius 3 is 2.90 bits per heavy atom. The first-order valence-electron chi connectivity index (χ1n) is 6.56. The van der Waals surface area contributed by atoms with Gasteiger partial charge in [0, 0.05) is 20.0 Å². The Labute approximate surface area is 116 Å². The van der Waals surface area contributed by atoms with Crippen molar-refractivity contribution in [3.8, 4) is 0 Å². The van der Waals surface area contributed by atoms with E-state index in [-0.39, 0.29) is 11.1 Å². The minimum atomic E-state index is -3.14. The van der Waals surface area contributed by atoms with Gasteiger partial charge in [0.15, 0.2) is 0 Å². The van der Waals surface area contributed by atoms with E-state index < -0.39 is 10.0 Å². The predicted molar refractivity (Wildman–Crippen MR) is 74.3 cm³/mol. The summed E-state index contributed by atoms with van der Waals surface area (Å²) in [5.41, 5.74) is 1.32. The van der Waals surface area contributed by atoms with Crippen molar-refractivity contribution < 1.29 is 12.8 Å². The summed E-state index contributed by atoms with van der Waals surface area (Å²) in [4.78, 5) is 7.34. The lowest BCUT2D eigenvalue weighted by atomic mass is 10.3. The van der Waals surface area contributed by atoms with Crippen molar-refractivity contribution in [3.63, 3.8) is 0 Å². The number of rotatable bonds is 5. The second-order valence-electron chi connectivity index (χ2n) is 5.16. The average Bonchev–Trinajstić information content (AvgIpc) is 3.18. The van der Waals surface area contributed by atoms with Gasteiger partial charge in [0.1, 0.15) is 11.6 Å². The van der Waals surface area contributed by atoms with Gasteiger partial charge in [-0.1, -0.05) is 0 Å². The van der Waals surface area contributed by atoms with E-state index in [9.17, 15) is 12.8 Å². The molecule has 5 nitrogen and oxygen atoms in total. The number of nitrogens with one attached hydrogen (secondary N) is 1. The number of aromatic nitrogens is 2. The number of nitrogens with zero attached hydrogens (tertiary/aromatic N) is 2. The van der Waals surface area contributed by atoms with Gasteiger partial charge in [-0.2, -0.15) is 0 Å². The highest BCUT2D eigenvalue weighted by atomic mass is 32.2. The number of likely N-dealkylation sites (N-methyl/N-ethyl adjacent to an activating group) is 1. The molecule has 1 aliphatic carbocycles. The summed E-state index contributed by atoms with van der Waals surface area (Å²) in [6.07, 6.45) is 2.01. The lowest BCUT2D eigenvalue weighted by Crippen LogP contribution is -2.31. The van der Waals surface area contributed by atoms with Crippen LogP contribution in [0.15, 0.2) is 18.2 Å². The molecule has 1 aromatic heterocycles. The Kier molecular flexibility index (Phi) is 3.25. The second-order valence-corrected chi connectivity index (χ2v) is 7.48. The minimum absolute atomic E-state index is 0.197. The molecule has 2 aromatic rings. The predicted octanol–water partition coefficient (Wildman–Crippen LogP) is 1.67. The minimum Gasteiger partial charge on any atom is -0.342 e. The first-order valence-corrected chi connectivity index (χ1v) is 8.06. The lowest BCUT2D eigenvalue weighted by molar-refractivity contribution is 0.468. The Morgan fingerprint density at radius 1 is 1.45 bits per heavy atom. The van der Waals surface area contributed by atoms with Gasteiger partial charge in [-0.3, -0.25) is 0 Å². The second kappa shape index (κ2) is 4.82. The standard InChI is InChI=1S/C13H16FN3O2S/c1-17(20(18,19)10-3-4-10)7-6-13-15-11-5-2-9(14)8-12(11)16-13/h2,5,8,10H,3-4,6-7H2,1H3,(H,15,16). The molecule has 0 saturated heterocycles. The first-order chi connectivity index (χ1) is 9.46. The van der Waals surface area contributed by atoms with Crippen LogP contribution in [-0.2, 0) is 16.4 Å². The van der Waals surface area contributed by atoms with E-state index in [1.807, 2.05) is 0 Å².